The number of nitrogens with two attached hydrogens (primary N) is 1. The molecule has 0 aliphatic rings. The molecule has 4 heteroatoms. The van der Waals surface area contributed by atoms with Crippen LogP contribution in [0.2, 0.25) is 0 Å². The zero-order valence-corrected chi connectivity index (χ0v) is 11.9. The van der Waals surface area contributed by atoms with Gasteiger partial charge in [-0.3, -0.25) is 4.79 Å². The maximum atomic E-state index is 11.9. The summed E-state index contributed by atoms with van der Waals surface area (Å²) in [5, 5.41) is 2.86. The molecule has 0 unspecified atom stereocenters. The van der Waals surface area contributed by atoms with E-state index in [-0.39, 0.29) is 5.91 Å². The number of nitrogens with one attached hydrogen (secondary N) is 1. The Morgan fingerprint density at radius 2 is 2.00 bits per heavy atom. The highest BCUT2D eigenvalue weighted by molar-refractivity contribution is 5.91. The van der Waals surface area contributed by atoms with E-state index in [0.717, 1.165) is 35.4 Å². The summed E-state index contributed by atoms with van der Waals surface area (Å²) in [5.41, 5.74) is 8.54. The molecule has 0 aliphatic heterocycles. The standard InChI is InChI=1S/C16H20N2O2/c1-3-14-11(2)10-15(20-14)16(19)18-9-8-12-4-6-13(17)7-5-12/h4-7,10H,3,8-9,17H2,1-2H3,(H,18,19). The van der Waals surface area contributed by atoms with Gasteiger partial charge in [0.1, 0.15) is 5.76 Å². The lowest BCUT2D eigenvalue weighted by Crippen LogP contribution is -2.25. The average molecular weight is 272 g/mol. The van der Waals surface area contributed by atoms with Crippen LogP contribution in [0.3, 0.4) is 0 Å². The Hall–Kier alpha value is -2.23. The third-order valence-electron chi connectivity index (χ3n) is 3.24. The second-order valence-electron chi connectivity index (χ2n) is 4.82. The van der Waals surface area contributed by atoms with Crippen molar-refractivity contribution in [3.05, 3.63) is 53.0 Å². The zero-order valence-electron chi connectivity index (χ0n) is 11.9. The molecule has 0 bridgehead atoms. The number of carbonyl (C=O) groups excluding carboxylic acids is 1. The van der Waals surface area contributed by atoms with Gasteiger partial charge in [-0.05, 0) is 42.7 Å². The number of rotatable bonds is 5. The molecule has 20 heavy (non-hydrogen) atoms. The van der Waals surface area contributed by atoms with Gasteiger partial charge in [-0.2, -0.15) is 0 Å². The molecule has 1 aromatic heterocycles. The van der Waals surface area contributed by atoms with Crippen LogP contribution < -0.4 is 11.1 Å². The summed E-state index contributed by atoms with van der Waals surface area (Å²) in [6.45, 7) is 4.53. The molecule has 1 aromatic carbocycles. The molecule has 1 heterocycles. The Bertz CT molecular complexity index is 585. The summed E-state index contributed by atoms with van der Waals surface area (Å²) >= 11 is 0. The Kier molecular flexibility index (Phi) is 4.45. The normalized spacial score (nSPS) is 10.5. The van der Waals surface area contributed by atoms with Gasteiger partial charge < -0.3 is 15.5 Å². The van der Waals surface area contributed by atoms with Crippen molar-refractivity contribution in [2.75, 3.05) is 12.3 Å². The minimum Gasteiger partial charge on any atom is -0.456 e. The summed E-state index contributed by atoms with van der Waals surface area (Å²) in [6, 6.07) is 9.44. The van der Waals surface area contributed by atoms with E-state index < -0.39 is 0 Å². The number of furan rings is 1. The maximum absolute atomic E-state index is 11.9. The molecule has 106 valence electrons. The lowest BCUT2D eigenvalue weighted by atomic mass is 10.1. The van der Waals surface area contributed by atoms with Crippen LogP contribution in [0.5, 0.6) is 0 Å². The molecular formula is C16H20N2O2. The molecule has 2 aromatic rings. The van der Waals surface area contributed by atoms with E-state index in [2.05, 4.69) is 5.32 Å². The fourth-order valence-electron chi connectivity index (χ4n) is 2.07. The van der Waals surface area contributed by atoms with Crippen LogP contribution in [0.15, 0.2) is 34.7 Å². The fourth-order valence-corrected chi connectivity index (χ4v) is 2.07. The summed E-state index contributed by atoms with van der Waals surface area (Å²) in [5.74, 6) is 1.09. The second-order valence-corrected chi connectivity index (χ2v) is 4.82. The van der Waals surface area contributed by atoms with Crippen molar-refractivity contribution in [3.63, 3.8) is 0 Å². The number of hydrogen-bond acceptors (Lipinski definition) is 3. The number of amides is 1. The topological polar surface area (TPSA) is 68.3 Å². The molecule has 0 aliphatic carbocycles. The molecule has 2 rings (SSSR count). The van der Waals surface area contributed by atoms with Gasteiger partial charge in [0.2, 0.25) is 0 Å². The van der Waals surface area contributed by atoms with Crippen molar-refractivity contribution < 1.29 is 9.21 Å². The summed E-state index contributed by atoms with van der Waals surface area (Å²) < 4.78 is 5.52. The Balaban J connectivity index is 1.87. The first kappa shape index (κ1) is 14.2. The number of anilines is 1. The first-order valence-electron chi connectivity index (χ1n) is 6.82. The second kappa shape index (κ2) is 6.28. The van der Waals surface area contributed by atoms with Crippen molar-refractivity contribution in [3.8, 4) is 0 Å². The first-order chi connectivity index (χ1) is 9.60. The van der Waals surface area contributed by atoms with Crippen LogP contribution in [-0.2, 0) is 12.8 Å². The fraction of sp³-hybridized carbons (Fsp3) is 0.312. The molecule has 0 saturated carbocycles. The molecule has 0 atom stereocenters. The molecular weight excluding hydrogens is 252 g/mol. The van der Waals surface area contributed by atoms with Crippen molar-refractivity contribution >= 4 is 11.6 Å². The van der Waals surface area contributed by atoms with Crippen LogP contribution in [0.25, 0.3) is 0 Å². The minimum atomic E-state index is -0.164. The quantitative estimate of drug-likeness (QED) is 0.822. The molecule has 1 amide bonds. The summed E-state index contributed by atoms with van der Waals surface area (Å²) in [4.78, 5) is 11.9. The number of nitrogen functional groups attached to an aromatic ring is 1. The van der Waals surface area contributed by atoms with Gasteiger partial charge in [0, 0.05) is 18.7 Å². The SMILES string of the molecule is CCc1oc(C(=O)NCCc2ccc(N)cc2)cc1C. The molecule has 4 nitrogen and oxygen atoms in total. The lowest BCUT2D eigenvalue weighted by Gasteiger charge is -2.04. The summed E-state index contributed by atoms with van der Waals surface area (Å²) in [6.07, 6.45) is 1.57. The van der Waals surface area contributed by atoms with Crippen molar-refractivity contribution in [2.45, 2.75) is 26.7 Å². The predicted molar refractivity (Wildman–Crippen MR) is 79.7 cm³/mol. The first-order valence-corrected chi connectivity index (χ1v) is 6.82. The van der Waals surface area contributed by atoms with Crippen LogP contribution >= 0.6 is 0 Å². The number of hydrogen-bond donors (Lipinski definition) is 2. The Morgan fingerprint density at radius 3 is 2.60 bits per heavy atom. The van der Waals surface area contributed by atoms with Crippen LogP contribution in [-0.4, -0.2) is 12.5 Å². The minimum absolute atomic E-state index is 0.164. The molecule has 0 radical (unpaired) electrons. The highest BCUT2D eigenvalue weighted by atomic mass is 16.4. The number of benzene rings is 1. The molecule has 0 spiro atoms. The van der Waals surface area contributed by atoms with Gasteiger partial charge in [0.15, 0.2) is 5.76 Å². The van der Waals surface area contributed by atoms with E-state index >= 15 is 0 Å². The maximum Gasteiger partial charge on any atom is 0.287 e. The van der Waals surface area contributed by atoms with E-state index in [1.807, 2.05) is 38.1 Å². The van der Waals surface area contributed by atoms with Gasteiger partial charge in [-0.25, -0.2) is 0 Å². The summed E-state index contributed by atoms with van der Waals surface area (Å²) in [7, 11) is 0. The lowest BCUT2D eigenvalue weighted by molar-refractivity contribution is 0.0925. The van der Waals surface area contributed by atoms with Crippen LogP contribution in [0, 0.1) is 6.92 Å². The molecule has 0 saturated heterocycles. The third-order valence-corrected chi connectivity index (χ3v) is 3.24. The third kappa shape index (κ3) is 3.41. The van der Waals surface area contributed by atoms with Crippen LogP contribution in [0.4, 0.5) is 5.69 Å². The Morgan fingerprint density at radius 1 is 1.30 bits per heavy atom. The van der Waals surface area contributed by atoms with Crippen molar-refractivity contribution in [1.29, 1.82) is 0 Å². The van der Waals surface area contributed by atoms with Gasteiger partial charge in [0.05, 0.1) is 0 Å². The molecule has 0 fully saturated rings. The van der Waals surface area contributed by atoms with Crippen LogP contribution in [0.1, 0.15) is 34.4 Å². The highest BCUT2D eigenvalue weighted by Crippen LogP contribution is 2.15. The van der Waals surface area contributed by atoms with Gasteiger partial charge >= 0.3 is 0 Å². The zero-order chi connectivity index (χ0) is 14.5. The smallest absolute Gasteiger partial charge is 0.287 e. The predicted octanol–water partition coefficient (Wildman–Crippen LogP) is 2.71. The average Bonchev–Trinajstić information content (AvgIpc) is 2.82. The van der Waals surface area contributed by atoms with Crippen molar-refractivity contribution in [1.82, 2.24) is 5.32 Å². The van der Waals surface area contributed by atoms with E-state index in [1.54, 1.807) is 6.07 Å². The van der Waals surface area contributed by atoms with Gasteiger partial charge in [-0.15, -0.1) is 0 Å². The number of aryl methyl sites for hydroxylation is 2. The van der Waals surface area contributed by atoms with E-state index in [0.29, 0.717) is 12.3 Å². The van der Waals surface area contributed by atoms with Crippen molar-refractivity contribution in [2.24, 2.45) is 0 Å². The van der Waals surface area contributed by atoms with E-state index in [4.69, 9.17) is 10.2 Å². The van der Waals surface area contributed by atoms with E-state index in [1.165, 1.54) is 0 Å². The highest BCUT2D eigenvalue weighted by Gasteiger charge is 2.12. The van der Waals surface area contributed by atoms with Gasteiger partial charge in [0.25, 0.3) is 5.91 Å². The molecule has 3 N–H and O–H groups in total. The Labute approximate surface area is 119 Å². The monoisotopic (exact) mass is 272 g/mol. The number of carbonyl (C=O) groups is 1. The van der Waals surface area contributed by atoms with Gasteiger partial charge in [-0.1, -0.05) is 19.1 Å². The largest absolute Gasteiger partial charge is 0.456 e. The van der Waals surface area contributed by atoms with E-state index in [9.17, 15) is 4.79 Å².